The van der Waals surface area contributed by atoms with Crippen LogP contribution in [-0.2, 0) is 4.74 Å². The van der Waals surface area contributed by atoms with Crippen LogP contribution in [0.1, 0.15) is 12.8 Å². The molecular weight excluding hydrogens is 218 g/mol. The Morgan fingerprint density at radius 2 is 2.24 bits per heavy atom. The average molecular weight is 237 g/mol. The highest BCUT2D eigenvalue weighted by Gasteiger charge is 2.16. The number of anilines is 2. The summed E-state index contributed by atoms with van der Waals surface area (Å²) < 4.78 is 5.35. The van der Waals surface area contributed by atoms with E-state index >= 15 is 0 Å². The first-order valence-corrected chi connectivity index (χ1v) is 5.87. The van der Waals surface area contributed by atoms with E-state index in [1.54, 1.807) is 0 Å². The van der Waals surface area contributed by atoms with Crippen LogP contribution >= 0.6 is 0 Å². The predicted octanol–water partition coefficient (Wildman–Crippen LogP) is 0.625. The Morgan fingerprint density at radius 1 is 1.47 bits per heavy atom. The molecule has 17 heavy (non-hydrogen) atoms. The number of aromatic nitrogens is 2. The van der Waals surface area contributed by atoms with Crippen molar-refractivity contribution in [1.29, 1.82) is 0 Å². The van der Waals surface area contributed by atoms with Crippen molar-refractivity contribution in [2.45, 2.75) is 12.8 Å². The van der Waals surface area contributed by atoms with Gasteiger partial charge < -0.3 is 15.1 Å². The van der Waals surface area contributed by atoms with E-state index in [1.165, 1.54) is 6.33 Å². The number of nitrogens with two attached hydrogens (primary N) is 1. The fourth-order valence-electron chi connectivity index (χ4n) is 2.04. The maximum absolute atomic E-state index is 5.35. The zero-order valence-corrected chi connectivity index (χ0v) is 10.1. The first kappa shape index (κ1) is 12.1. The Hall–Kier alpha value is -1.40. The Kier molecular flexibility index (Phi) is 4.11. The minimum atomic E-state index is 0.633. The molecule has 6 heteroatoms. The number of hydrazine groups is 1. The maximum Gasteiger partial charge on any atom is 0.145 e. The van der Waals surface area contributed by atoms with Crippen molar-refractivity contribution in [3.8, 4) is 0 Å². The average Bonchev–Trinajstić information content (AvgIpc) is 2.40. The molecule has 0 unspecified atom stereocenters. The summed E-state index contributed by atoms with van der Waals surface area (Å²) in [5.41, 5.74) is 2.53. The summed E-state index contributed by atoms with van der Waals surface area (Å²) in [5, 5.41) is 0. The Morgan fingerprint density at radius 3 is 2.94 bits per heavy atom. The molecular formula is C11H19N5O. The molecule has 2 rings (SSSR count). The third-order valence-electron chi connectivity index (χ3n) is 3.06. The SMILES string of the molecule is CN(CC1CCOCC1)c1cc(NN)ncn1. The van der Waals surface area contributed by atoms with Crippen molar-refractivity contribution in [2.24, 2.45) is 11.8 Å². The van der Waals surface area contributed by atoms with E-state index in [4.69, 9.17) is 10.6 Å². The summed E-state index contributed by atoms with van der Waals surface area (Å²) in [6, 6.07) is 1.85. The van der Waals surface area contributed by atoms with Crippen LogP contribution in [0, 0.1) is 5.92 Å². The van der Waals surface area contributed by atoms with Crippen LogP contribution in [0.15, 0.2) is 12.4 Å². The van der Waals surface area contributed by atoms with Gasteiger partial charge in [-0.2, -0.15) is 0 Å². The standard InChI is InChI=1S/C11H19N5O/c1-16(7-9-2-4-17-5-3-9)11-6-10(15-12)13-8-14-11/h6,8-9H,2-5,7,12H2,1H3,(H,13,14,15). The second-order valence-electron chi connectivity index (χ2n) is 4.34. The Bertz CT molecular complexity index is 353. The van der Waals surface area contributed by atoms with Crippen LogP contribution in [0.5, 0.6) is 0 Å². The van der Waals surface area contributed by atoms with Crippen molar-refractivity contribution < 1.29 is 4.74 Å². The third-order valence-corrected chi connectivity index (χ3v) is 3.06. The van der Waals surface area contributed by atoms with Gasteiger partial charge in [-0.15, -0.1) is 0 Å². The summed E-state index contributed by atoms with van der Waals surface area (Å²) in [5.74, 6) is 7.53. The lowest BCUT2D eigenvalue weighted by Crippen LogP contribution is -2.30. The molecule has 0 saturated carbocycles. The van der Waals surface area contributed by atoms with Crippen molar-refractivity contribution in [1.82, 2.24) is 9.97 Å². The molecule has 1 aliphatic heterocycles. The van der Waals surface area contributed by atoms with Gasteiger partial charge >= 0.3 is 0 Å². The second-order valence-corrected chi connectivity index (χ2v) is 4.34. The summed E-state index contributed by atoms with van der Waals surface area (Å²) in [7, 11) is 2.04. The Balaban J connectivity index is 1.95. The maximum atomic E-state index is 5.35. The topological polar surface area (TPSA) is 76.3 Å². The highest BCUT2D eigenvalue weighted by atomic mass is 16.5. The second kappa shape index (κ2) is 5.79. The first-order valence-electron chi connectivity index (χ1n) is 5.87. The van der Waals surface area contributed by atoms with E-state index in [9.17, 15) is 0 Å². The van der Waals surface area contributed by atoms with Gasteiger partial charge in [-0.25, -0.2) is 15.8 Å². The van der Waals surface area contributed by atoms with Gasteiger partial charge in [-0.1, -0.05) is 0 Å². The molecule has 2 heterocycles. The van der Waals surface area contributed by atoms with Crippen LogP contribution in [0.2, 0.25) is 0 Å². The molecule has 0 bridgehead atoms. The number of rotatable bonds is 4. The molecule has 0 spiro atoms. The molecule has 0 radical (unpaired) electrons. The van der Waals surface area contributed by atoms with E-state index in [0.29, 0.717) is 11.7 Å². The van der Waals surface area contributed by atoms with Gasteiger partial charge in [0.05, 0.1) is 0 Å². The quantitative estimate of drug-likeness (QED) is 0.590. The van der Waals surface area contributed by atoms with Crippen LogP contribution in [0.3, 0.4) is 0 Å². The van der Waals surface area contributed by atoms with Crippen LogP contribution in [0.4, 0.5) is 11.6 Å². The lowest BCUT2D eigenvalue weighted by atomic mass is 10.00. The highest BCUT2D eigenvalue weighted by Crippen LogP contribution is 2.19. The van der Waals surface area contributed by atoms with Crippen molar-refractivity contribution >= 4 is 11.6 Å². The molecule has 0 aliphatic carbocycles. The van der Waals surface area contributed by atoms with Crippen LogP contribution < -0.4 is 16.2 Å². The van der Waals surface area contributed by atoms with Crippen molar-refractivity contribution in [3.05, 3.63) is 12.4 Å². The van der Waals surface area contributed by atoms with E-state index < -0.39 is 0 Å². The summed E-state index contributed by atoms with van der Waals surface area (Å²) >= 11 is 0. The number of nitrogens with zero attached hydrogens (tertiary/aromatic N) is 3. The number of hydrogen-bond acceptors (Lipinski definition) is 6. The van der Waals surface area contributed by atoms with Crippen LogP contribution in [0.25, 0.3) is 0 Å². The molecule has 0 aromatic carbocycles. The van der Waals surface area contributed by atoms with Gasteiger partial charge in [0.2, 0.25) is 0 Å². The molecule has 94 valence electrons. The molecule has 1 aromatic heterocycles. The first-order chi connectivity index (χ1) is 8.29. The van der Waals surface area contributed by atoms with Gasteiger partial charge in [0.25, 0.3) is 0 Å². The summed E-state index contributed by atoms with van der Waals surface area (Å²) in [6.45, 7) is 2.74. The minimum Gasteiger partial charge on any atom is -0.381 e. The predicted molar refractivity (Wildman–Crippen MR) is 66.7 cm³/mol. The van der Waals surface area contributed by atoms with Gasteiger partial charge in [0.15, 0.2) is 0 Å². The molecule has 6 nitrogen and oxygen atoms in total. The molecule has 3 N–H and O–H groups in total. The van der Waals surface area contributed by atoms with Gasteiger partial charge in [-0.3, -0.25) is 0 Å². The number of nitrogen functional groups attached to an aromatic ring is 1. The monoisotopic (exact) mass is 237 g/mol. The molecule has 1 aromatic rings. The fraction of sp³-hybridized carbons (Fsp3) is 0.636. The minimum absolute atomic E-state index is 0.633. The lowest BCUT2D eigenvalue weighted by molar-refractivity contribution is 0.0685. The van der Waals surface area contributed by atoms with E-state index in [2.05, 4.69) is 20.3 Å². The molecule has 1 fully saturated rings. The molecule has 1 aliphatic rings. The molecule has 1 saturated heterocycles. The zero-order valence-electron chi connectivity index (χ0n) is 10.1. The van der Waals surface area contributed by atoms with E-state index in [-0.39, 0.29) is 0 Å². The Labute approximate surface area is 101 Å². The fourth-order valence-corrected chi connectivity index (χ4v) is 2.04. The summed E-state index contributed by atoms with van der Waals surface area (Å²) in [6.07, 6.45) is 3.76. The zero-order chi connectivity index (χ0) is 12.1. The number of ether oxygens (including phenoxy) is 1. The summed E-state index contributed by atoms with van der Waals surface area (Å²) in [4.78, 5) is 10.4. The number of hydrogen-bond donors (Lipinski definition) is 2. The van der Waals surface area contributed by atoms with E-state index in [1.807, 2.05) is 13.1 Å². The normalized spacial score (nSPS) is 16.8. The van der Waals surface area contributed by atoms with Crippen molar-refractivity contribution in [3.63, 3.8) is 0 Å². The van der Waals surface area contributed by atoms with E-state index in [0.717, 1.165) is 38.4 Å². The van der Waals surface area contributed by atoms with Gasteiger partial charge in [0, 0.05) is 32.9 Å². The van der Waals surface area contributed by atoms with Gasteiger partial charge in [-0.05, 0) is 18.8 Å². The third kappa shape index (κ3) is 3.28. The highest BCUT2D eigenvalue weighted by molar-refractivity contribution is 5.47. The largest absolute Gasteiger partial charge is 0.381 e. The smallest absolute Gasteiger partial charge is 0.145 e. The van der Waals surface area contributed by atoms with Gasteiger partial charge in [0.1, 0.15) is 18.0 Å². The van der Waals surface area contributed by atoms with Crippen molar-refractivity contribution in [2.75, 3.05) is 37.1 Å². The number of nitrogens with one attached hydrogen (secondary N) is 1. The molecule has 0 amide bonds. The lowest BCUT2D eigenvalue weighted by Gasteiger charge is -2.27. The van der Waals surface area contributed by atoms with Crippen LogP contribution in [-0.4, -0.2) is 36.8 Å². The molecule has 0 atom stereocenters.